The van der Waals surface area contributed by atoms with E-state index in [0.717, 1.165) is 51.4 Å². The fraction of sp³-hybridized carbons (Fsp3) is 0.816. The SMILES string of the molecule is C#CCCC(NC(=O)C1CCCN1C(=O)[C@@H](NC(=O)NC1(CS(=O)(=O)C(C)(C)CC)CCCCC1)C1(C)CCCCC1)C(=O)C(=O)NCC1CC1. The number of carbonyl (C=O) groups is 5. The molecule has 3 atom stereocenters. The summed E-state index contributed by atoms with van der Waals surface area (Å²) < 4.78 is 26.2. The molecule has 1 heterocycles. The molecule has 51 heavy (non-hydrogen) atoms. The Hall–Kier alpha value is -3.14. The van der Waals surface area contributed by atoms with Crippen molar-refractivity contribution in [3.63, 3.8) is 0 Å². The number of nitrogens with one attached hydrogen (secondary N) is 4. The highest BCUT2D eigenvalue weighted by Crippen LogP contribution is 2.41. The molecule has 0 aromatic heterocycles. The van der Waals surface area contributed by atoms with Crippen molar-refractivity contribution in [1.82, 2.24) is 26.2 Å². The van der Waals surface area contributed by atoms with E-state index in [4.69, 9.17) is 6.42 Å². The normalized spacial score (nSPS) is 22.9. The van der Waals surface area contributed by atoms with Gasteiger partial charge in [-0.05, 0) is 89.4 Å². The molecule has 4 N–H and O–H groups in total. The number of ketones is 1. The summed E-state index contributed by atoms with van der Waals surface area (Å²) in [5, 5.41) is 11.5. The molecule has 0 spiro atoms. The van der Waals surface area contributed by atoms with E-state index in [9.17, 15) is 32.4 Å². The molecule has 2 unspecified atom stereocenters. The molecule has 0 aromatic rings. The quantitative estimate of drug-likeness (QED) is 0.138. The number of carbonyl (C=O) groups excluding carboxylic acids is 5. The van der Waals surface area contributed by atoms with Gasteiger partial charge in [0.05, 0.1) is 22.1 Å². The lowest BCUT2D eigenvalue weighted by molar-refractivity contribution is -0.144. The van der Waals surface area contributed by atoms with Gasteiger partial charge in [0.25, 0.3) is 5.91 Å². The number of likely N-dealkylation sites (tertiary alicyclic amines) is 1. The second kappa shape index (κ2) is 17.1. The van der Waals surface area contributed by atoms with E-state index in [1.165, 1.54) is 4.90 Å². The smallest absolute Gasteiger partial charge is 0.315 e. The van der Waals surface area contributed by atoms with Crippen molar-refractivity contribution >= 4 is 39.4 Å². The first-order valence-electron chi connectivity index (χ1n) is 19.2. The topological polar surface area (TPSA) is 171 Å². The van der Waals surface area contributed by atoms with Crippen LogP contribution >= 0.6 is 0 Å². The summed E-state index contributed by atoms with van der Waals surface area (Å²) in [6.07, 6.45) is 16.9. The van der Waals surface area contributed by atoms with Gasteiger partial charge in [-0.15, -0.1) is 12.3 Å². The number of urea groups is 1. The zero-order valence-corrected chi connectivity index (χ0v) is 32.1. The molecule has 0 bridgehead atoms. The largest absolute Gasteiger partial charge is 0.349 e. The van der Waals surface area contributed by atoms with E-state index in [-0.39, 0.29) is 24.5 Å². The van der Waals surface area contributed by atoms with Crippen molar-refractivity contribution in [3.05, 3.63) is 0 Å². The number of hydrogen-bond donors (Lipinski definition) is 4. The van der Waals surface area contributed by atoms with Gasteiger partial charge in [0.2, 0.25) is 17.6 Å². The van der Waals surface area contributed by atoms with Gasteiger partial charge < -0.3 is 26.2 Å². The molecule has 12 nitrogen and oxygen atoms in total. The molecule has 4 fully saturated rings. The predicted molar refractivity (Wildman–Crippen MR) is 196 cm³/mol. The van der Waals surface area contributed by atoms with Crippen LogP contribution in [0.3, 0.4) is 0 Å². The lowest BCUT2D eigenvalue weighted by Gasteiger charge is -2.44. The highest BCUT2D eigenvalue weighted by Gasteiger charge is 2.48. The highest BCUT2D eigenvalue weighted by atomic mass is 32.2. The van der Waals surface area contributed by atoms with E-state index in [1.54, 1.807) is 13.8 Å². The number of amides is 5. The van der Waals surface area contributed by atoms with E-state index in [0.29, 0.717) is 64.0 Å². The Morgan fingerprint density at radius 1 is 0.922 bits per heavy atom. The van der Waals surface area contributed by atoms with Crippen molar-refractivity contribution in [2.45, 2.75) is 165 Å². The molecule has 4 aliphatic rings. The van der Waals surface area contributed by atoms with Crippen LogP contribution in [0.2, 0.25) is 0 Å². The van der Waals surface area contributed by atoms with Gasteiger partial charge >= 0.3 is 6.03 Å². The zero-order chi connectivity index (χ0) is 37.5. The summed E-state index contributed by atoms with van der Waals surface area (Å²) in [4.78, 5) is 69.6. The van der Waals surface area contributed by atoms with Crippen LogP contribution in [0.25, 0.3) is 0 Å². The van der Waals surface area contributed by atoms with Gasteiger partial charge in [0.1, 0.15) is 12.1 Å². The molecular weight excluding hydrogens is 671 g/mol. The molecular formula is C38H61N5O7S. The van der Waals surface area contributed by atoms with Crippen LogP contribution in [0.5, 0.6) is 0 Å². The molecule has 1 saturated heterocycles. The number of sulfone groups is 1. The minimum atomic E-state index is -3.57. The first-order valence-corrected chi connectivity index (χ1v) is 20.9. The van der Waals surface area contributed by atoms with E-state index >= 15 is 0 Å². The van der Waals surface area contributed by atoms with Crippen molar-refractivity contribution in [3.8, 4) is 12.3 Å². The van der Waals surface area contributed by atoms with Gasteiger partial charge in [-0.3, -0.25) is 19.2 Å². The summed E-state index contributed by atoms with van der Waals surface area (Å²) >= 11 is 0. The summed E-state index contributed by atoms with van der Waals surface area (Å²) in [5.41, 5.74) is -1.53. The third-order valence-electron chi connectivity index (χ3n) is 12.1. The minimum Gasteiger partial charge on any atom is -0.349 e. The van der Waals surface area contributed by atoms with Crippen molar-refractivity contribution in [2.24, 2.45) is 11.3 Å². The van der Waals surface area contributed by atoms with Gasteiger partial charge in [-0.2, -0.15) is 0 Å². The number of rotatable bonds is 16. The molecule has 3 saturated carbocycles. The van der Waals surface area contributed by atoms with Crippen LogP contribution in [0, 0.1) is 23.7 Å². The summed E-state index contributed by atoms with van der Waals surface area (Å²) in [7, 11) is -3.57. The maximum Gasteiger partial charge on any atom is 0.315 e. The van der Waals surface area contributed by atoms with Gasteiger partial charge in [0, 0.05) is 19.5 Å². The van der Waals surface area contributed by atoms with Crippen LogP contribution in [-0.2, 0) is 29.0 Å². The molecule has 0 aromatic carbocycles. The predicted octanol–water partition coefficient (Wildman–Crippen LogP) is 3.92. The van der Waals surface area contributed by atoms with Gasteiger partial charge in [-0.25, -0.2) is 13.2 Å². The second-order valence-electron chi connectivity index (χ2n) is 16.5. The van der Waals surface area contributed by atoms with Crippen molar-refractivity contribution < 1.29 is 32.4 Å². The Morgan fingerprint density at radius 2 is 1.55 bits per heavy atom. The molecule has 13 heteroatoms. The fourth-order valence-corrected chi connectivity index (χ4v) is 9.86. The Morgan fingerprint density at radius 3 is 2.14 bits per heavy atom. The number of nitrogens with zero attached hydrogens (tertiary/aromatic N) is 1. The summed E-state index contributed by atoms with van der Waals surface area (Å²) in [5.74, 6) is 0.247. The lowest BCUT2D eigenvalue weighted by atomic mass is 9.70. The zero-order valence-electron chi connectivity index (χ0n) is 31.2. The molecule has 286 valence electrons. The first-order chi connectivity index (χ1) is 24.1. The lowest BCUT2D eigenvalue weighted by Crippen LogP contribution is -2.64. The Balaban J connectivity index is 1.53. The van der Waals surface area contributed by atoms with Gasteiger partial charge in [-0.1, -0.05) is 52.4 Å². The van der Waals surface area contributed by atoms with E-state index in [2.05, 4.69) is 27.2 Å². The minimum absolute atomic E-state index is 0.0912. The number of hydrogen-bond acceptors (Lipinski definition) is 7. The van der Waals surface area contributed by atoms with Crippen molar-refractivity contribution in [2.75, 3.05) is 18.8 Å². The monoisotopic (exact) mass is 731 g/mol. The molecule has 0 radical (unpaired) electrons. The van der Waals surface area contributed by atoms with Gasteiger partial charge in [0.15, 0.2) is 9.84 Å². The van der Waals surface area contributed by atoms with E-state index < -0.39 is 67.3 Å². The van der Waals surface area contributed by atoms with Crippen LogP contribution in [-0.4, -0.2) is 90.1 Å². The average Bonchev–Trinajstić information content (AvgIpc) is 3.80. The summed E-state index contributed by atoms with van der Waals surface area (Å²) in [6, 6.07) is -3.55. The standard InChI is InChI=1S/C38H61N5O7S/c1-6-8-16-28(30(44)33(46)39-25-27-18-19-27)40-32(45)29-17-15-24-43(29)34(47)31(37(5)20-11-9-12-21-37)41-35(48)42-38(22-13-10-14-23-38)26-51(49,50)36(3,4)7-2/h1,27-29,31H,7-26H2,2-5H3,(H,39,46)(H,40,45)(H2,41,42,48)/t28?,29?,31-/m1/s1. The Bertz CT molecular complexity index is 1440. The molecule has 5 amide bonds. The molecule has 4 rings (SSSR count). The van der Waals surface area contributed by atoms with Crippen LogP contribution in [0.1, 0.15) is 137 Å². The van der Waals surface area contributed by atoms with Crippen LogP contribution in [0.4, 0.5) is 4.79 Å². The highest BCUT2D eigenvalue weighted by molar-refractivity contribution is 7.92. The fourth-order valence-electron chi connectivity index (χ4n) is 7.94. The average molecular weight is 732 g/mol. The number of Topliss-reactive ketones (excluding diaryl/α,β-unsaturated/α-hetero) is 1. The van der Waals surface area contributed by atoms with Crippen molar-refractivity contribution in [1.29, 1.82) is 0 Å². The Kier molecular flexibility index (Phi) is 13.6. The maximum absolute atomic E-state index is 14.6. The molecule has 3 aliphatic carbocycles. The Labute approximate surface area is 305 Å². The third-order valence-corrected chi connectivity index (χ3v) is 15.0. The molecule has 1 aliphatic heterocycles. The number of terminal acetylenes is 1. The second-order valence-corrected chi connectivity index (χ2v) is 19.1. The van der Waals surface area contributed by atoms with Crippen LogP contribution in [0.15, 0.2) is 0 Å². The van der Waals surface area contributed by atoms with E-state index in [1.807, 2.05) is 13.8 Å². The third kappa shape index (κ3) is 10.3. The maximum atomic E-state index is 14.6. The van der Waals surface area contributed by atoms with Crippen LogP contribution < -0.4 is 21.3 Å². The summed E-state index contributed by atoms with van der Waals surface area (Å²) in [6.45, 7) is 8.00. The first kappa shape index (κ1) is 40.6.